The molecule has 1 aliphatic rings. The van der Waals surface area contributed by atoms with Crippen molar-refractivity contribution >= 4 is 11.6 Å². The average Bonchev–Trinajstić information content (AvgIpc) is 2.95. The normalized spacial score (nSPS) is 14.7. The number of benzene rings is 1. The Labute approximate surface area is 121 Å². The molecule has 1 N–H and O–H groups in total. The number of anilines is 1. The molecule has 1 amide bonds. The third kappa shape index (κ3) is 3.51. The molecule has 110 valence electrons. The van der Waals surface area contributed by atoms with Crippen LogP contribution in [-0.4, -0.2) is 44.5 Å². The molecule has 4 heteroatoms. The van der Waals surface area contributed by atoms with Gasteiger partial charge in [0.15, 0.2) is 0 Å². The molecule has 0 saturated carbocycles. The van der Waals surface area contributed by atoms with E-state index >= 15 is 0 Å². The molecule has 1 aromatic rings. The number of hydrogen-bond donors (Lipinski definition) is 1. The molecule has 0 spiro atoms. The van der Waals surface area contributed by atoms with Crippen LogP contribution in [0.2, 0.25) is 0 Å². The first-order chi connectivity index (χ1) is 9.61. The summed E-state index contributed by atoms with van der Waals surface area (Å²) < 4.78 is 0. The van der Waals surface area contributed by atoms with Crippen LogP contribution in [0.5, 0.6) is 0 Å². The molecule has 0 atom stereocenters. The lowest BCUT2D eigenvalue weighted by Gasteiger charge is -2.23. The zero-order valence-electron chi connectivity index (χ0n) is 12.8. The summed E-state index contributed by atoms with van der Waals surface area (Å²) >= 11 is 0. The molecule has 1 heterocycles. The van der Waals surface area contributed by atoms with Crippen molar-refractivity contribution in [2.45, 2.75) is 26.3 Å². The van der Waals surface area contributed by atoms with E-state index in [0.717, 1.165) is 38.2 Å². The summed E-state index contributed by atoms with van der Waals surface area (Å²) in [4.78, 5) is 16.2. The molecular formula is C16H25N3O. The Morgan fingerprint density at radius 2 is 2.05 bits per heavy atom. The van der Waals surface area contributed by atoms with Gasteiger partial charge in [-0.25, -0.2) is 0 Å². The third-order valence-electron chi connectivity index (χ3n) is 3.97. The predicted molar refractivity (Wildman–Crippen MR) is 83.0 cm³/mol. The minimum atomic E-state index is 0.238. The second-order valence-corrected chi connectivity index (χ2v) is 5.59. The number of amides is 1. The van der Waals surface area contributed by atoms with Gasteiger partial charge in [-0.2, -0.15) is 0 Å². The summed E-state index contributed by atoms with van der Waals surface area (Å²) in [6.07, 6.45) is 2.29. The number of carbonyl (C=O) groups is 1. The SMILES string of the molecule is CNCc1ccc(N(C)CC(=O)N2CCCC2)cc1C. The Kier molecular flexibility index (Phi) is 5.01. The first-order valence-electron chi connectivity index (χ1n) is 7.35. The fourth-order valence-corrected chi connectivity index (χ4v) is 2.67. The highest BCUT2D eigenvalue weighted by Gasteiger charge is 2.19. The van der Waals surface area contributed by atoms with E-state index in [9.17, 15) is 4.79 Å². The standard InChI is InChI=1S/C16H25N3O/c1-13-10-15(7-6-14(13)11-17-2)18(3)12-16(20)19-8-4-5-9-19/h6-7,10,17H,4-5,8-9,11-12H2,1-3H3. The number of aryl methyl sites for hydroxylation is 1. The predicted octanol–water partition coefficient (Wildman–Crippen LogP) is 1.77. The Balaban J connectivity index is 1.99. The molecule has 0 unspecified atom stereocenters. The van der Waals surface area contributed by atoms with E-state index in [1.54, 1.807) is 0 Å². The van der Waals surface area contributed by atoms with Crippen molar-refractivity contribution in [3.63, 3.8) is 0 Å². The number of carbonyl (C=O) groups excluding carboxylic acids is 1. The zero-order valence-corrected chi connectivity index (χ0v) is 12.8. The van der Waals surface area contributed by atoms with Gasteiger partial charge in [0.05, 0.1) is 6.54 Å². The monoisotopic (exact) mass is 275 g/mol. The van der Waals surface area contributed by atoms with Gasteiger partial charge in [0.1, 0.15) is 0 Å². The molecule has 4 nitrogen and oxygen atoms in total. The van der Waals surface area contributed by atoms with Gasteiger partial charge in [0, 0.05) is 32.4 Å². The van der Waals surface area contributed by atoms with Gasteiger partial charge in [-0.05, 0) is 50.1 Å². The lowest BCUT2D eigenvalue weighted by Crippen LogP contribution is -2.37. The topological polar surface area (TPSA) is 35.6 Å². The summed E-state index contributed by atoms with van der Waals surface area (Å²) in [6.45, 7) is 5.30. The number of likely N-dealkylation sites (tertiary alicyclic amines) is 1. The van der Waals surface area contributed by atoms with Gasteiger partial charge in [-0.15, -0.1) is 0 Å². The van der Waals surface area contributed by atoms with Crippen LogP contribution < -0.4 is 10.2 Å². The van der Waals surface area contributed by atoms with E-state index in [4.69, 9.17) is 0 Å². The van der Waals surface area contributed by atoms with Crippen molar-refractivity contribution in [1.82, 2.24) is 10.2 Å². The van der Waals surface area contributed by atoms with Crippen LogP contribution in [0.1, 0.15) is 24.0 Å². The van der Waals surface area contributed by atoms with Crippen LogP contribution in [0.25, 0.3) is 0 Å². The lowest BCUT2D eigenvalue weighted by atomic mass is 10.1. The molecule has 20 heavy (non-hydrogen) atoms. The van der Waals surface area contributed by atoms with Gasteiger partial charge < -0.3 is 15.1 Å². The number of hydrogen-bond acceptors (Lipinski definition) is 3. The Hall–Kier alpha value is -1.55. The van der Waals surface area contributed by atoms with E-state index < -0.39 is 0 Å². The van der Waals surface area contributed by atoms with Gasteiger partial charge in [-0.3, -0.25) is 4.79 Å². The van der Waals surface area contributed by atoms with Gasteiger partial charge in [0.25, 0.3) is 0 Å². The maximum absolute atomic E-state index is 12.2. The maximum Gasteiger partial charge on any atom is 0.242 e. The maximum atomic E-state index is 12.2. The Bertz CT molecular complexity index is 467. The molecule has 0 bridgehead atoms. The smallest absolute Gasteiger partial charge is 0.242 e. The van der Waals surface area contributed by atoms with Crippen molar-refractivity contribution in [3.8, 4) is 0 Å². The van der Waals surface area contributed by atoms with Crippen molar-refractivity contribution in [1.29, 1.82) is 0 Å². The molecule has 0 aromatic heterocycles. The zero-order chi connectivity index (χ0) is 14.5. The lowest BCUT2D eigenvalue weighted by molar-refractivity contribution is -0.128. The van der Waals surface area contributed by atoms with Crippen LogP contribution >= 0.6 is 0 Å². The molecule has 1 saturated heterocycles. The quantitative estimate of drug-likeness (QED) is 0.889. The van der Waals surface area contributed by atoms with Gasteiger partial charge in [0.2, 0.25) is 5.91 Å². The van der Waals surface area contributed by atoms with E-state index in [1.807, 2.05) is 23.9 Å². The van der Waals surface area contributed by atoms with Crippen molar-refractivity contribution in [2.75, 3.05) is 38.6 Å². The van der Waals surface area contributed by atoms with E-state index in [0.29, 0.717) is 6.54 Å². The molecule has 1 aromatic carbocycles. The minimum absolute atomic E-state index is 0.238. The van der Waals surface area contributed by atoms with Crippen LogP contribution in [0.15, 0.2) is 18.2 Å². The fraction of sp³-hybridized carbons (Fsp3) is 0.562. The highest BCUT2D eigenvalue weighted by molar-refractivity contribution is 5.81. The Morgan fingerprint density at radius 1 is 1.35 bits per heavy atom. The Morgan fingerprint density at radius 3 is 2.65 bits per heavy atom. The molecule has 0 aliphatic carbocycles. The molecule has 1 aliphatic heterocycles. The van der Waals surface area contributed by atoms with Crippen molar-refractivity contribution in [3.05, 3.63) is 29.3 Å². The number of nitrogens with zero attached hydrogens (tertiary/aromatic N) is 2. The van der Waals surface area contributed by atoms with Crippen molar-refractivity contribution in [2.24, 2.45) is 0 Å². The number of likely N-dealkylation sites (N-methyl/N-ethyl adjacent to an activating group) is 1. The fourth-order valence-electron chi connectivity index (χ4n) is 2.67. The summed E-state index contributed by atoms with van der Waals surface area (Å²) in [5.41, 5.74) is 3.67. The summed E-state index contributed by atoms with van der Waals surface area (Å²) in [6, 6.07) is 6.39. The number of nitrogens with one attached hydrogen (secondary N) is 1. The van der Waals surface area contributed by atoms with Gasteiger partial charge in [-0.1, -0.05) is 6.07 Å². The molecule has 0 radical (unpaired) electrons. The second kappa shape index (κ2) is 6.75. The van der Waals surface area contributed by atoms with Crippen LogP contribution in [-0.2, 0) is 11.3 Å². The summed E-state index contributed by atoms with van der Waals surface area (Å²) in [7, 11) is 3.94. The second-order valence-electron chi connectivity index (χ2n) is 5.59. The van der Waals surface area contributed by atoms with Gasteiger partial charge >= 0.3 is 0 Å². The first-order valence-corrected chi connectivity index (χ1v) is 7.35. The minimum Gasteiger partial charge on any atom is -0.365 e. The van der Waals surface area contributed by atoms with E-state index in [1.165, 1.54) is 11.1 Å². The van der Waals surface area contributed by atoms with Crippen molar-refractivity contribution < 1.29 is 4.79 Å². The molecular weight excluding hydrogens is 250 g/mol. The molecule has 1 fully saturated rings. The summed E-state index contributed by atoms with van der Waals surface area (Å²) in [5, 5.41) is 3.17. The average molecular weight is 275 g/mol. The largest absolute Gasteiger partial charge is 0.365 e. The van der Waals surface area contributed by atoms with Crippen LogP contribution in [0.3, 0.4) is 0 Å². The third-order valence-corrected chi connectivity index (χ3v) is 3.97. The summed E-state index contributed by atoms with van der Waals surface area (Å²) in [5.74, 6) is 0.238. The van der Waals surface area contributed by atoms with Crippen LogP contribution in [0.4, 0.5) is 5.69 Å². The number of rotatable bonds is 5. The van der Waals surface area contributed by atoms with E-state index in [2.05, 4.69) is 30.4 Å². The first kappa shape index (κ1) is 14.9. The highest BCUT2D eigenvalue weighted by atomic mass is 16.2. The van der Waals surface area contributed by atoms with Crippen LogP contribution in [0, 0.1) is 6.92 Å². The highest BCUT2D eigenvalue weighted by Crippen LogP contribution is 2.19. The molecule has 2 rings (SSSR count). The van der Waals surface area contributed by atoms with E-state index in [-0.39, 0.29) is 5.91 Å².